The van der Waals surface area contributed by atoms with Crippen LogP contribution in [0.25, 0.3) is 0 Å². The van der Waals surface area contributed by atoms with Gasteiger partial charge in [-0.25, -0.2) is 0 Å². The Morgan fingerprint density at radius 2 is 2.29 bits per heavy atom. The molecule has 92 valence electrons. The Balaban J connectivity index is 2.13. The third-order valence-corrected chi connectivity index (χ3v) is 3.23. The van der Waals surface area contributed by atoms with E-state index < -0.39 is 0 Å². The van der Waals surface area contributed by atoms with Gasteiger partial charge in [0.2, 0.25) is 0 Å². The summed E-state index contributed by atoms with van der Waals surface area (Å²) in [6.45, 7) is 2.97. The number of nitro benzene ring substituents is 1. The average molecular weight is 236 g/mol. The summed E-state index contributed by atoms with van der Waals surface area (Å²) in [5.74, 6) is 2.00. The molecular weight excluding hydrogens is 220 g/mol. The predicted molar refractivity (Wildman–Crippen MR) is 65.4 cm³/mol. The first kappa shape index (κ1) is 11.7. The Bertz CT molecular complexity index is 434. The van der Waals surface area contributed by atoms with E-state index in [9.17, 15) is 10.1 Å². The molecule has 0 saturated heterocycles. The fraction of sp³-hybridized carbons (Fsp3) is 0.500. The number of ether oxygens (including phenoxy) is 1. The van der Waals surface area contributed by atoms with Crippen molar-refractivity contribution >= 4 is 11.4 Å². The van der Waals surface area contributed by atoms with E-state index in [-0.39, 0.29) is 10.6 Å². The Morgan fingerprint density at radius 3 is 2.82 bits per heavy atom. The molecule has 0 radical (unpaired) electrons. The average Bonchev–Trinajstić information content (AvgIpc) is 3.02. The van der Waals surface area contributed by atoms with Crippen LogP contribution in [0.2, 0.25) is 0 Å². The summed E-state index contributed by atoms with van der Waals surface area (Å²) in [7, 11) is 1.55. The topological polar surface area (TPSA) is 64.4 Å². The minimum atomic E-state index is -0.377. The number of nitro groups is 1. The van der Waals surface area contributed by atoms with Gasteiger partial charge in [0, 0.05) is 18.7 Å². The van der Waals surface area contributed by atoms with Crippen LogP contribution in [0.4, 0.5) is 11.4 Å². The number of nitrogens with one attached hydrogen (secondary N) is 1. The van der Waals surface area contributed by atoms with Crippen molar-refractivity contribution in [2.75, 3.05) is 19.0 Å². The van der Waals surface area contributed by atoms with Crippen LogP contribution in [-0.2, 0) is 0 Å². The van der Waals surface area contributed by atoms with Crippen LogP contribution in [0.5, 0.6) is 5.75 Å². The van der Waals surface area contributed by atoms with Crippen LogP contribution in [0.15, 0.2) is 18.2 Å². The second kappa shape index (κ2) is 4.61. The molecule has 0 aromatic heterocycles. The highest BCUT2D eigenvalue weighted by molar-refractivity contribution is 5.64. The normalized spacial score (nSPS) is 22.0. The molecule has 0 bridgehead atoms. The minimum Gasteiger partial charge on any atom is -0.497 e. The molecule has 1 aliphatic carbocycles. The van der Waals surface area contributed by atoms with Crippen LogP contribution in [0.3, 0.4) is 0 Å². The van der Waals surface area contributed by atoms with E-state index in [2.05, 4.69) is 12.2 Å². The van der Waals surface area contributed by atoms with E-state index in [1.54, 1.807) is 19.2 Å². The lowest BCUT2D eigenvalue weighted by molar-refractivity contribution is -0.384. The Hall–Kier alpha value is -1.78. The van der Waals surface area contributed by atoms with Crippen LogP contribution < -0.4 is 10.1 Å². The molecule has 1 saturated carbocycles. The van der Waals surface area contributed by atoms with E-state index in [0.717, 1.165) is 12.5 Å². The molecule has 2 rings (SSSR count). The van der Waals surface area contributed by atoms with Crippen LogP contribution in [0.1, 0.15) is 13.3 Å². The summed E-state index contributed by atoms with van der Waals surface area (Å²) in [5, 5.41) is 14.0. The lowest BCUT2D eigenvalue weighted by Gasteiger charge is -2.08. The SMILES string of the molecule is COc1ccc([N+](=O)[O-])c(NCC2CC2C)c1. The molecule has 0 spiro atoms. The van der Waals surface area contributed by atoms with Crippen molar-refractivity contribution in [3.63, 3.8) is 0 Å². The standard InChI is InChI=1S/C12H16N2O3/c1-8-5-9(8)7-13-11-6-10(17-2)3-4-12(11)14(15)16/h3-4,6,8-9,13H,5,7H2,1-2H3. The smallest absolute Gasteiger partial charge is 0.292 e. The summed E-state index contributed by atoms with van der Waals surface area (Å²) >= 11 is 0. The molecule has 5 nitrogen and oxygen atoms in total. The summed E-state index contributed by atoms with van der Waals surface area (Å²) in [6.07, 6.45) is 1.20. The molecule has 2 unspecified atom stereocenters. The number of methoxy groups -OCH3 is 1. The summed E-state index contributed by atoms with van der Waals surface area (Å²) < 4.78 is 5.07. The van der Waals surface area contributed by atoms with Crippen molar-refractivity contribution in [1.29, 1.82) is 0 Å². The third-order valence-electron chi connectivity index (χ3n) is 3.23. The number of hydrogen-bond donors (Lipinski definition) is 1. The van der Waals surface area contributed by atoms with Crippen molar-refractivity contribution in [3.8, 4) is 5.75 Å². The van der Waals surface area contributed by atoms with Crippen molar-refractivity contribution < 1.29 is 9.66 Å². The molecular formula is C12H16N2O3. The fourth-order valence-corrected chi connectivity index (χ4v) is 1.87. The predicted octanol–water partition coefficient (Wildman–Crippen LogP) is 2.67. The number of hydrogen-bond acceptors (Lipinski definition) is 4. The van der Waals surface area contributed by atoms with E-state index in [1.807, 2.05) is 0 Å². The lowest BCUT2D eigenvalue weighted by Crippen LogP contribution is -2.06. The van der Waals surface area contributed by atoms with Crippen LogP contribution in [-0.4, -0.2) is 18.6 Å². The molecule has 2 atom stereocenters. The van der Waals surface area contributed by atoms with Gasteiger partial charge in [-0.15, -0.1) is 0 Å². The monoisotopic (exact) mass is 236 g/mol. The van der Waals surface area contributed by atoms with Gasteiger partial charge in [-0.05, 0) is 24.3 Å². The quantitative estimate of drug-likeness (QED) is 0.630. The zero-order valence-electron chi connectivity index (χ0n) is 9.97. The maximum Gasteiger partial charge on any atom is 0.292 e. The summed E-state index contributed by atoms with van der Waals surface area (Å²) in [4.78, 5) is 10.5. The first-order chi connectivity index (χ1) is 8.11. The number of nitrogens with zero attached hydrogens (tertiary/aromatic N) is 1. The molecule has 0 heterocycles. The van der Waals surface area contributed by atoms with Gasteiger partial charge in [-0.3, -0.25) is 10.1 Å². The molecule has 0 amide bonds. The minimum absolute atomic E-state index is 0.0964. The molecule has 1 aromatic carbocycles. The summed E-state index contributed by atoms with van der Waals surface area (Å²) in [5.41, 5.74) is 0.632. The van der Waals surface area contributed by atoms with Gasteiger partial charge in [0.1, 0.15) is 11.4 Å². The van der Waals surface area contributed by atoms with Crippen molar-refractivity contribution in [3.05, 3.63) is 28.3 Å². The highest BCUT2D eigenvalue weighted by Crippen LogP contribution is 2.38. The Morgan fingerprint density at radius 1 is 1.59 bits per heavy atom. The molecule has 5 heteroatoms. The maximum atomic E-state index is 10.9. The van der Waals surface area contributed by atoms with Gasteiger partial charge < -0.3 is 10.1 Å². The third kappa shape index (κ3) is 2.67. The molecule has 1 aromatic rings. The molecule has 17 heavy (non-hydrogen) atoms. The number of benzene rings is 1. The van der Waals surface area contributed by atoms with Gasteiger partial charge in [-0.1, -0.05) is 6.92 Å². The van der Waals surface area contributed by atoms with E-state index in [0.29, 0.717) is 17.4 Å². The van der Waals surface area contributed by atoms with E-state index in [4.69, 9.17) is 4.74 Å². The first-order valence-corrected chi connectivity index (χ1v) is 5.68. The first-order valence-electron chi connectivity index (χ1n) is 5.68. The molecule has 1 N–H and O–H groups in total. The highest BCUT2D eigenvalue weighted by Gasteiger charge is 2.32. The lowest BCUT2D eigenvalue weighted by atomic mass is 10.2. The number of rotatable bonds is 5. The second-order valence-corrected chi connectivity index (χ2v) is 4.49. The Labute approximate surface area is 99.9 Å². The van der Waals surface area contributed by atoms with Crippen LogP contribution in [0, 0.1) is 22.0 Å². The van der Waals surface area contributed by atoms with Crippen molar-refractivity contribution in [2.45, 2.75) is 13.3 Å². The molecule has 1 aliphatic rings. The zero-order chi connectivity index (χ0) is 12.4. The largest absolute Gasteiger partial charge is 0.497 e. The number of anilines is 1. The summed E-state index contributed by atoms with van der Waals surface area (Å²) in [6, 6.07) is 4.74. The van der Waals surface area contributed by atoms with Gasteiger partial charge >= 0.3 is 0 Å². The zero-order valence-corrected chi connectivity index (χ0v) is 9.97. The van der Waals surface area contributed by atoms with Gasteiger partial charge in [0.25, 0.3) is 5.69 Å². The van der Waals surface area contributed by atoms with Crippen molar-refractivity contribution in [1.82, 2.24) is 0 Å². The Kier molecular flexibility index (Phi) is 3.17. The molecule has 0 aliphatic heterocycles. The van der Waals surface area contributed by atoms with Gasteiger partial charge in [0.05, 0.1) is 12.0 Å². The maximum absolute atomic E-state index is 10.9. The van der Waals surface area contributed by atoms with Crippen LogP contribution >= 0.6 is 0 Å². The fourth-order valence-electron chi connectivity index (χ4n) is 1.87. The van der Waals surface area contributed by atoms with E-state index in [1.165, 1.54) is 12.5 Å². The van der Waals surface area contributed by atoms with E-state index >= 15 is 0 Å². The highest BCUT2D eigenvalue weighted by atomic mass is 16.6. The molecule has 1 fully saturated rings. The van der Waals surface area contributed by atoms with Gasteiger partial charge in [0.15, 0.2) is 0 Å². The second-order valence-electron chi connectivity index (χ2n) is 4.49. The van der Waals surface area contributed by atoms with Gasteiger partial charge in [-0.2, -0.15) is 0 Å². The van der Waals surface area contributed by atoms with Crippen molar-refractivity contribution in [2.24, 2.45) is 11.8 Å².